The Hall–Kier alpha value is -3.92. The number of fused-ring (bicyclic) bond motifs is 4. The molecule has 6 nitrogen and oxygen atoms in total. The first kappa shape index (κ1) is 18.1. The number of aromatic nitrogens is 2. The van der Waals surface area contributed by atoms with E-state index in [4.69, 9.17) is 6.42 Å². The summed E-state index contributed by atoms with van der Waals surface area (Å²) in [7, 11) is 0. The molecule has 2 aliphatic rings. The Balaban J connectivity index is 1.79. The second-order valence-corrected chi connectivity index (χ2v) is 7.50. The van der Waals surface area contributed by atoms with Gasteiger partial charge in [0.1, 0.15) is 17.1 Å². The van der Waals surface area contributed by atoms with Gasteiger partial charge in [0.15, 0.2) is 0 Å². The molecular formula is C23H17FN4O2. The number of hydrogen-bond acceptors (Lipinski definition) is 3. The molecule has 148 valence electrons. The van der Waals surface area contributed by atoms with Gasteiger partial charge >= 0.3 is 0 Å². The number of aryl methyl sites for hydroxylation is 1. The second-order valence-electron chi connectivity index (χ2n) is 7.50. The molecular weight excluding hydrogens is 383 g/mol. The molecule has 3 aromatic rings. The van der Waals surface area contributed by atoms with E-state index in [-0.39, 0.29) is 24.8 Å². The number of nitrogens with one attached hydrogen (secondary N) is 1. The smallest absolute Gasteiger partial charge is 0.243 e. The van der Waals surface area contributed by atoms with Crippen molar-refractivity contribution in [1.82, 2.24) is 9.78 Å². The summed E-state index contributed by atoms with van der Waals surface area (Å²) in [6, 6.07) is 11.5. The fourth-order valence-corrected chi connectivity index (χ4v) is 4.58. The van der Waals surface area contributed by atoms with Gasteiger partial charge in [-0.25, -0.2) is 9.07 Å². The van der Waals surface area contributed by atoms with E-state index in [9.17, 15) is 14.0 Å². The zero-order valence-corrected chi connectivity index (χ0v) is 16.1. The van der Waals surface area contributed by atoms with Gasteiger partial charge in [0.2, 0.25) is 11.8 Å². The van der Waals surface area contributed by atoms with Crippen LogP contribution in [0.1, 0.15) is 23.1 Å². The number of anilines is 2. The molecule has 1 atom stereocenters. The van der Waals surface area contributed by atoms with Crippen LogP contribution in [0.3, 0.4) is 0 Å². The predicted octanol–water partition coefficient (Wildman–Crippen LogP) is 2.93. The molecule has 1 spiro atoms. The largest absolute Gasteiger partial charge is 0.310 e. The summed E-state index contributed by atoms with van der Waals surface area (Å²) in [5, 5.41) is 7.21. The van der Waals surface area contributed by atoms with Crippen molar-refractivity contribution in [3.05, 3.63) is 71.2 Å². The van der Waals surface area contributed by atoms with Crippen LogP contribution in [0.15, 0.2) is 48.7 Å². The van der Waals surface area contributed by atoms with Crippen LogP contribution >= 0.6 is 0 Å². The normalized spacial score (nSPS) is 19.4. The summed E-state index contributed by atoms with van der Waals surface area (Å²) in [6.45, 7) is 2.02. The molecule has 30 heavy (non-hydrogen) atoms. The van der Waals surface area contributed by atoms with Crippen molar-refractivity contribution in [2.24, 2.45) is 0 Å². The maximum Gasteiger partial charge on any atom is 0.243 e. The van der Waals surface area contributed by atoms with Gasteiger partial charge in [0.25, 0.3) is 0 Å². The van der Waals surface area contributed by atoms with Gasteiger partial charge in [0.05, 0.1) is 24.1 Å². The average Bonchev–Trinajstić information content (AvgIpc) is 3.23. The lowest BCUT2D eigenvalue weighted by atomic mass is 9.71. The molecule has 1 N–H and O–H groups in total. The molecule has 2 amide bonds. The lowest BCUT2D eigenvalue weighted by molar-refractivity contribution is -0.126. The highest BCUT2D eigenvalue weighted by molar-refractivity contribution is 6.16. The third-order valence-corrected chi connectivity index (χ3v) is 5.79. The summed E-state index contributed by atoms with van der Waals surface area (Å²) < 4.78 is 15.2. The first-order valence-corrected chi connectivity index (χ1v) is 9.47. The fraction of sp³-hybridized carbons (Fsp3) is 0.174. The summed E-state index contributed by atoms with van der Waals surface area (Å²) in [5.74, 6) is 1.92. The minimum absolute atomic E-state index is 0.0504. The van der Waals surface area contributed by atoms with Crippen molar-refractivity contribution in [3.8, 4) is 18.0 Å². The summed E-state index contributed by atoms with van der Waals surface area (Å²) in [4.78, 5) is 28.1. The Morgan fingerprint density at radius 3 is 2.80 bits per heavy atom. The molecule has 0 saturated carbocycles. The van der Waals surface area contributed by atoms with E-state index in [1.807, 2.05) is 25.1 Å². The molecule has 0 saturated heterocycles. The quantitative estimate of drug-likeness (QED) is 0.673. The van der Waals surface area contributed by atoms with Crippen molar-refractivity contribution in [3.63, 3.8) is 0 Å². The lowest BCUT2D eigenvalue weighted by Gasteiger charge is -2.32. The number of carbonyl (C=O) groups excluding carboxylic acids is 2. The van der Waals surface area contributed by atoms with Crippen molar-refractivity contribution < 1.29 is 14.0 Å². The Labute approximate surface area is 172 Å². The predicted molar refractivity (Wildman–Crippen MR) is 110 cm³/mol. The second kappa shape index (κ2) is 6.29. The van der Waals surface area contributed by atoms with Crippen LogP contribution in [-0.4, -0.2) is 28.1 Å². The number of nitrogens with zero attached hydrogens (tertiary/aromatic N) is 3. The third-order valence-electron chi connectivity index (χ3n) is 5.79. The van der Waals surface area contributed by atoms with Crippen molar-refractivity contribution in [2.45, 2.75) is 18.8 Å². The van der Waals surface area contributed by atoms with Gasteiger partial charge in [-0.3, -0.25) is 14.5 Å². The van der Waals surface area contributed by atoms with E-state index in [1.54, 1.807) is 23.2 Å². The van der Waals surface area contributed by atoms with E-state index >= 15 is 0 Å². The number of halogens is 1. The standard InChI is InChI=1S/C23H17FN4O2/c1-3-10-27-20-14(2)6-4-9-17(20)23(22(27)30)12-19(29)26-21-18(23)13-25-28(21)16-8-5-7-15(24)11-16/h1,4-9,11,13H,10,12H2,2H3,(H,26,29)/t23-/m1/s1. The Bertz CT molecular complexity index is 1270. The van der Waals surface area contributed by atoms with Crippen LogP contribution in [-0.2, 0) is 15.0 Å². The van der Waals surface area contributed by atoms with Gasteiger partial charge in [0, 0.05) is 12.0 Å². The van der Waals surface area contributed by atoms with Gasteiger partial charge in [-0.2, -0.15) is 5.10 Å². The highest BCUT2D eigenvalue weighted by atomic mass is 19.1. The van der Waals surface area contributed by atoms with Crippen molar-refractivity contribution in [2.75, 3.05) is 16.8 Å². The van der Waals surface area contributed by atoms with Crippen LogP contribution in [0.5, 0.6) is 0 Å². The van der Waals surface area contributed by atoms with E-state index in [0.717, 1.165) is 16.8 Å². The van der Waals surface area contributed by atoms with E-state index in [1.165, 1.54) is 16.8 Å². The number of amides is 2. The number of benzene rings is 2. The summed E-state index contributed by atoms with van der Waals surface area (Å²) >= 11 is 0. The van der Waals surface area contributed by atoms with Crippen LogP contribution < -0.4 is 10.2 Å². The Morgan fingerprint density at radius 1 is 1.23 bits per heavy atom. The first-order chi connectivity index (χ1) is 14.5. The van der Waals surface area contributed by atoms with Crippen LogP contribution in [0.25, 0.3) is 5.69 Å². The lowest BCUT2D eigenvalue weighted by Crippen LogP contribution is -2.46. The minimum atomic E-state index is -1.22. The highest BCUT2D eigenvalue weighted by Crippen LogP contribution is 2.53. The molecule has 2 aromatic carbocycles. The number of rotatable bonds is 2. The fourth-order valence-electron chi connectivity index (χ4n) is 4.58. The van der Waals surface area contributed by atoms with E-state index in [0.29, 0.717) is 17.1 Å². The average molecular weight is 400 g/mol. The molecule has 0 radical (unpaired) electrons. The first-order valence-electron chi connectivity index (χ1n) is 9.47. The summed E-state index contributed by atoms with van der Waals surface area (Å²) in [5.41, 5.74) is 2.17. The number of hydrogen-bond donors (Lipinski definition) is 1. The maximum absolute atomic E-state index is 13.8. The SMILES string of the molecule is C#CCN1C(=O)[C@]2(CC(=O)Nc3c2cnn3-c2cccc(F)c2)c2cccc(C)c21. The van der Waals surface area contributed by atoms with Crippen molar-refractivity contribution in [1.29, 1.82) is 0 Å². The van der Waals surface area contributed by atoms with Crippen LogP contribution in [0, 0.1) is 25.1 Å². The Kier molecular flexibility index (Phi) is 3.80. The molecule has 0 unspecified atom stereocenters. The maximum atomic E-state index is 13.8. The van der Waals surface area contributed by atoms with Crippen molar-refractivity contribution >= 4 is 23.3 Å². The monoisotopic (exact) mass is 400 g/mol. The molecule has 0 bridgehead atoms. The minimum Gasteiger partial charge on any atom is -0.310 e. The molecule has 5 rings (SSSR count). The molecule has 1 aromatic heterocycles. The van der Waals surface area contributed by atoms with Crippen LogP contribution in [0.2, 0.25) is 0 Å². The van der Waals surface area contributed by atoms with Gasteiger partial charge in [-0.15, -0.1) is 6.42 Å². The molecule has 0 fully saturated rings. The number of terminal acetylenes is 1. The van der Waals surface area contributed by atoms with Crippen LogP contribution in [0.4, 0.5) is 15.9 Å². The zero-order chi connectivity index (χ0) is 21.0. The molecule has 2 aliphatic heterocycles. The number of carbonyl (C=O) groups is 2. The van der Waals surface area contributed by atoms with Gasteiger partial charge in [-0.05, 0) is 36.2 Å². The molecule has 3 heterocycles. The topological polar surface area (TPSA) is 67.2 Å². The molecule has 7 heteroatoms. The van der Waals surface area contributed by atoms with E-state index < -0.39 is 11.2 Å². The highest BCUT2D eigenvalue weighted by Gasteiger charge is 2.57. The van der Waals surface area contributed by atoms with Gasteiger partial charge < -0.3 is 5.32 Å². The third kappa shape index (κ3) is 2.28. The number of para-hydroxylation sites is 1. The van der Waals surface area contributed by atoms with E-state index in [2.05, 4.69) is 16.3 Å². The molecule has 0 aliphatic carbocycles. The summed E-state index contributed by atoms with van der Waals surface area (Å²) in [6.07, 6.45) is 7.06. The van der Waals surface area contributed by atoms with Gasteiger partial charge in [-0.1, -0.05) is 30.2 Å². The zero-order valence-electron chi connectivity index (χ0n) is 16.1. The Morgan fingerprint density at radius 2 is 2.03 bits per heavy atom.